The molecular weight excluding hydrogens is 366 g/mol. The molecule has 0 heterocycles. The molecule has 2 aromatic carbocycles. The average Bonchev–Trinajstić information content (AvgIpc) is 3.35. The standard InChI is InChI=1S/C24H25NO4/c1-15-7-5-6-10-19(15)25-20(26)14-29-24(28)22-18-12-11-17(13-18)21(22)23(27)16-8-3-2-4-9-16/h2-10,17-18,21-22H,11-14H2,1H3,(H,25,26)/t17-,18-,21-,22-/m0/s1. The number of fused-ring (bicyclic) bond motifs is 2. The highest BCUT2D eigenvalue weighted by atomic mass is 16.5. The monoisotopic (exact) mass is 391 g/mol. The second kappa shape index (κ2) is 8.19. The van der Waals surface area contributed by atoms with Gasteiger partial charge in [-0.25, -0.2) is 0 Å². The van der Waals surface area contributed by atoms with Gasteiger partial charge in [0.05, 0.1) is 5.92 Å². The van der Waals surface area contributed by atoms with E-state index in [4.69, 9.17) is 4.74 Å². The van der Waals surface area contributed by atoms with E-state index in [-0.39, 0.29) is 36.1 Å². The molecule has 1 amide bonds. The number of para-hydroxylation sites is 1. The Balaban J connectivity index is 1.41. The Labute approximate surface area is 170 Å². The molecule has 0 radical (unpaired) electrons. The van der Waals surface area contributed by atoms with Gasteiger partial charge < -0.3 is 10.1 Å². The van der Waals surface area contributed by atoms with Gasteiger partial charge in [0.25, 0.3) is 5.91 Å². The topological polar surface area (TPSA) is 72.5 Å². The first-order valence-electron chi connectivity index (χ1n) is 10.2. The zero-order valence-electron chi connectivity index (χ0n) is 16.5. The molecule has 1 N–H and O–H groups in total. The fourth-order valence-corrected chi connectivity index (χ4v) is 4.93. The van der Waals surface area contributed by atoms with Gasteiger partial charge in [-0.2, -0.15) is 0 Å². The first kappa shape index (κ1) is 19.4. The minimum atomic E-state index is -0.451. The Morgan fingerprint density at radius 1 is 0.931 bits per heavy atom. The van der Waals surface area contributed by atoms with Crippen molar-refractivity contribution in [3.8, 4) is 0 Å². The van der Waals surface area contributed by atoms with Crippen LogP contribution < -0.4 is 5.32 Å². The molecule has 0 unspecified atom stereocenters. The first-order chi connectivity index (χ1) is 14.0. The van der Waals surface area contributed by atoms with E-state index in [2.05, 4.69) is 5.32 Å². The Bertz CT molecular complexity index is 923. The number of Topliss-reactive ketones (excluding diaryl/α,β-unsaturated/α-hetero) is 1. The molecule has 5 heteroatoms. The molecule has 2 bridgehead atoms. The van der Waals surface area contributed by atoms with Crippen LogP contribution in [0.4, 0.5) is 5.69 Å². The van der Waals surface area contributed by atoms with Gasteiger partial charge in [0.2, 0.25) is 0 Å². The molecule has 2 saturated carbocycles. The summed E-state index contributed by atoms with van der Waals surface area (Å²) >= 11 is 0. The zero-order chi connectivity index (χ0) is 20.4. The van der Waals surface area contributed by atoms with Gasteiger partial charge >= 0.3 is 5.97 Å². The van der Waals surface area contributed by atoms with Crippen molar-refractivity contribution in [2.75, 3.05) is 11.9 Å². The van der Waals surface area contributed by atoms with Crippen molar-refractivity contribution in [1.82, 2.24) is 0 Å². The predicted octanol–water partition coefficient (Wildman–Crippen LogP) is 4.02. The lowest BCUT2D eigenvalue weighted by molar-refractivity contribution is -0.154. The number of hydrogen-bond donors (Lipinski definition) is 1. The molecule has 2 fully saturated rings. The molecule has 4 atom stereocenters. The maximum absolute atomic E-state index is 13.1. The third kappa shape index (κ3) is 3.95. The van der Waals surface area contributed by atoms with Gasteiger partial charge in [0.1, 0.15) is 0 Å². The third-order valence-electron chi connectivity index (χ3n) is 6.31. The Morgan fingerprint density at radius 3 is 2.31 bits per heavy atom. The van der Waals surface area contributed by atoms with E-state index in [1.807, 2.05) is 43.3 Å². The normalized spacial score (nSPS) is 24.9. The second-order valence-corrected chi connectivity index (χ2v) is 8.09. The summed E-state index contributed by atoms with van der Waals surface area (Å²) in [6.07, 6.45) is 2.81. The summed E-state index contributed by atoms with van der Waals surface area (Å²) in [5, 5.41) is 2.77. The van der Waals surface area contributed by atoms with E-state index >= 15 is 0 Å². The summed E-state index contributed by atoms with van der Waals surface area (Å²) in [5.41, 5.74) is 2.28. The molecule has 4 rings (SSSR count). The number of nitrogens with one attached hydrogen (secondary N) is 1. The molecule has 2 aromatic rings. The summed E-state index contributed by atoms with van der Waals surface area (Å²) in [6, 6.07) is 16.6. The number of ketones is 1. The summed E-state index contributed by atoms with van der Waals surface area (Å²) in [5.74, 6) is -1.18. The van der Waals surface area contributed by atoms with E-state index in [0.29, 0.717) is 11.3 Å². The predicted molar refractivity (Wildman–Crippen MR) is 109 cm³/mol. The summed E-state index contributed by atoms with van der Waals surface area (Å²) in [6.45, 7) is 1.56. The van der Waals surface area contributed by atoms with Gasteiger partial charge in [0, 0.05) is 17.2 Å². The molecule has 0 aliphatic heterocycles. The molecule has 2 aliphatic carbocycles. The van der Waals surface area contributed by atoms with Crippen LogP contribution in [0.25, 0.3) is 0 Å². The number of esters is 1. The van der Waals surface area contributed by atoms with Gasteiger partial charge in [0.15, 0.2) is 12.4 Å². The zero-order valence-corrected chi connectivity index (χ0v) is 16.5. The van der Waals surface area contributed by atoms with E-state index < -0.39 is 11.9 Å². The van der Waals surface area contributed by atoms with Crippen LogP contribution in [0.3, 0.4) is 0 Å². The fourth-order valence-electron chi connectivity index (χ4n) is 4.93. The Morgan fingerprint density at radius 2 is 1.59 bits per heavy atom. The number of anilines is 1. The number of carbonyl (C=O) groups is 3. The SMILES string of the molecule is Cc1ccccc1NC(=O)COC(=O)[C@H]1[C@H]2CC[C@@H](C2)[C@@H]1C(=O)c1ccccc1. The fraction of sp³-hybridized carbons (Fsp3) is 0.375. The number of hydrogen-bond acceptors (Lipinski definition) is 4. The number of amides is 1. The van der Waals surface area contributed by atoms with Crippen molar-refractivity contribution in [2.24, 2.45) is 23.7 Å². The van der Waals surface area contributed by atoms with Gasteiger partial charge in [-0.3, -0.25) is 14.4 Å². The third-order valence-corrected chi connectivity index (χ3v) is 6.31. The van der Waals surface area contributed by atoms with Crippen molar-refractivity contribution >= 4 is 23.3 Å². The number of ether oxygens (including phenoxy) is 1. The van der Waals surface area contributed by atoms with Crippen molar-refractivity contribution < 1.29 is 19.1 Å². The van der Waals surface area contributed by atoms with Gasteiger partial charge in [-0.05, 0) is 49.7 Å². The number of rotatable bonds is 6. The highest BCUT2D eigenvalue weighted by Crippen LogP contribution is 2.53. The average molecular weight is 391 g/mol. The molecule has 2 aliphatic rings. The highest BCUT2D eigenvalue weighted by molar-refractivity contribution is 6.01. The molecule has 0 aromatic heterocycles. The van der Waals surface area contributed by atoms with E-state index in [9.17, 15) is 14.4 Å². The maximum atomic E-state index is 13.1. The van der Waals surface area contributed by atoms with Crippen LogP contribution in [-0.2, 0) is 14.3 Å². The lowest BCUT2D eigenvalue weighted by atomic mass is 9.75. The minimum absolute atomic E-state index is 0.0177. The minimum Gasteiger partial charge on any atom is -0.455 e. The number of carbonyl (C=O) groups excluding carboxylic acids is 3. The van der Waals surface area contributed by atoms with Gasteiger partial charge in [-0.15, -0.1) is 0 Å². The van der Waals surface area contributed by atoms with E-state index in [1.54, 1.807) is 18.2 Å². The molecule has 0 spiro atoms. The van der Waals surface area contributed by atoms with Crippen LogP contribution in [-0.4, -0.2) is 24.3 Å². The van der Waals surface area contributed by atoms with Crippen LogP contribution in [0.5, 0.6) is 0 Å². The summed E-state index contributed by atoms with van der Waals surface area (Å²) in [4.78, 5) is 38.2. The van der Waals surface area contributed by atoms with Crippen molar-refractivity contribution in [1.29, 1.82) is 0 Å². The Kier molecular flexibility index (Phi) is 5.47. The molecular formula is C24H25NO4. The quantitative estimate of drug-likeness (QED) is 0.596. The highest BCUT2D eigenvalue weighted by Gasteiger charge is 2.54. The van der Waals surface area contributed by atoms with Gasteiger partial charge in [-0.1, -0.05) is 48.5 Å². The number of aryl methyl sites for hydroxylation is 1. The number of benzene rings is 2. The van der Waals surface area contributed by atoms with Crippen LogP contribution in [0.2, 0.25) is 0 Å². The lowest BCUT2D eigenvalue weighted by Gasteiger charge is -2.28. The molecule has 29 heavy (non-hydrogen) atoms. The lowest BCUT2D eigenvalue weighted by Crippen LogP contribution is -2.37. The maximum Gasteiger partial charge on any atom is 0.310 e. The van der Waals surface area contributed by atoms with E-state index in [1.165, 1.54) is 0 Å². The summed E-state index contributed by atoms with van der Waals surface area (Å²) in [7, 11) is 0. The molecule has 5 nitrogen and oxygen atoms in total. The largest absolute Gasteiger partial charge is 0.455 e. The molecule has 0 saturated heterocycles. The van der Waals surface area contributed by atoms with Crippen molar-refractivity contribution in [3.63, 3.8) is 0 Å². The second-order valence-electron chi connectivity index (χ2n) is 8.09. The van der Waals surface area contributed by atoms with Crippen LogP contribution in [0, 0.1) is 30.6 Å². The Hall–Kier alpha value is -2.95. The van der Waals surface area contributed by atoms with Crippen molar-refractivity contribution in [3.05, 3.63) is 65.7 Å². The van der Waals surface area contributed by atoms with Crippen LogP contribution in [0.1, 0.15) is 35.2 Å². The summed E-state index contributed by atoms with van der Waals surface area (Å²) < 4.78 is 5.37. The van der Waals surface area contributed by atoms with Crippen LogP contribution >= 0.6 is 0 Å². The van der Waals surface area contributed by atoms with Crippen LogP contribution in [0.15, 0.2) is 54.6 Å². The smallest absolute Gasteiger partial charge is 0.310 e. The molecule has 150 valence electrons. The first-order valence-corrected chi connectivity index (χ1v) is 10.2. The van der Waals surface area contributed by atoms with E-state index in [0.717, 1.165) is 24.8 Å². The van der Waals surface area contributed by atoms with Crippen molar-refractivity contribution in [2.45, 2.75) is 26.2 Å².